The number of nitrogens with one attached hydrogen (secondary N) is 1. The van der Waals surface area contributed by atoms with Crippen LogP contribution in [0.4, 0.5) is 5.13 Å². The van der Waals surface area contributed by atoms with Crippen LogP contribution in [0, 0.1) is 0 Å². The highest BCUT2D eigenvalue weighted by Gasteiger charge is 2.22. The summed E-state index contributed by atoms with van der Waals surface area (Å²) in [5, 5.41) is 12.6. The van der Waals surface area contributed by atoms with Crippen molar-refractivity contribution in [2.24, 2.45) is 0 Å². The molecule has 1 saturated heterocycles. The van der Waals surface area contributed by atoms with Crippen LogP contribution >= 0.6 is 22.9 Å². The van der Waals surface area contributed by atoms with Gasteiger partial charge in [-0.15, -0.1) is 10.2 Å². The molecule has 1 atom stereocenters. The summed E-state index contributed by atoms with van der Waals surface area (Å²) in [6.07, 6.45) is 2.01. The third-order valence-corrected chi connectivity index (χ3v) is 4.12. The second-order valence-corrected chi connectivity index (χ2v) is 5.86. The molecule has 0 bridgehead atoms. The van der Waals surface area contributed by atoms with E-state index in [2.05, 4.69) is 15.5 Å². The summed E-state index contributed by atoms with van der Waals surface area (Å²) in [5.41, 5.74) is 0.492. The first kappa shape index (κ1) is 13.5. The van der Waals surface area contributed by atoms with Crippen molar-refractivity contribution in [3.63, 3.8) is 0 Å². The summed E-state index contributed by atoms with van der Waals surface area (Å²) in [6.45, 7) is 0.758. The van der Waals surface area contributed by atoms with E-state index in [1.807, 2.05) is 0 Å². The summed E-state index contributed by atoms with van der Waals surface area (Å²) in [7, 11) is 0. The first-order valence-corrected chi connectivity index (χ1v) is 7.44. The van der Waals surface area contributed by atoms with Crippen LogP contribution < -0.4 is 5.32 Å². The first-order chi connectivity index (χ1) is 9.72. The van der Waals surface area contributed by atoms with Gasteiger partial charge in [-0.3, -0.25) is 10.1 Å². The van der Waals surface area contributed by atoms with Gasteiger partial charge in [-0.05, 0) is 31.0 Å². The van der Waals surface area contributed by atoms with E-state index in [4.69, 9.17) is 16.3 Å². The number of rotatable bonds is 3. The molecule has 104 valence electrons. The number of amides is 1. The van der Waals surface area contributed by atoms with Gasteiger partial charge in [-0.1, -0.05) is 29.0 Å². The molecule has 0 saturated carbocycles. The molecule has 2 heterocycles. The number of anilines is 1. The van der Waals surface area contributed by atoms with E-state index < -0.39 is 0 Å². The third-order valence-electron chi connectivity index (χ3n) is 2.95. The van der Waals surface area contributed by atoms with Gasteiger partial charge < -0.3 is 4.74 Å². The van der Waals surface area contributed by atoms with E-state index in [9.17, 15) is 4.79 Å². The summed E-state index contributed by atoms with van der Waals surface area (Å²) < 4.78 is 5.54. The number of hydrogen-bond donors (Lipinski definition) is 1. The zero-order valence-corrected chi connectivity index (χ0v) is 12.1. The van der Waals surface area contributed by atoms with Crippen LogP contribution in [0.25, 0.3) is 0 Å². The van der Waals surface area contributed by atoms with Gasteiger partial charge in [0.25, 0.3) is 5.91 Å². The lowest BCUT2D eigenvalue weighted by molar-refractivity contribution is 0.102. The predicted octanol–water partition coefficient (Wildman–Crippen LogP) is 3.30. The lowest BCUT2D eigenvalue weighted by atomic mass is 10.2. The van der Waals surface area contributed by atoms with Crippen LogP contribution in [0.3, 0.4) is 0 Å². The number of benzene rings is 1. The molecule has 0 aliphatic carbocycles. The molecule has 1 amide bonds. The number of aromatic nitrogens is 2. The number of carbonyl (C=O) groups is 1. The quantitative estimate of drug-likeness (QED) is 0.945. The highest BCUT2D eigenvalue weighted by Crippen LogP contribution is 2.32. The molecule has 0 radical (unpaired) electrons. The molecule has 1 aromatic heterocycles. The number of carbonyl (C=O) groups excluding carboxylic acids is 1. The number of halogens is 1. The van der Waals surface area contributed by atoms with Crippen LogP contribution in [0.15, 0.2) is 24.3 Å². The van der Waals surface area contributed by atoms with Gasteiger partial charge in [0.1, 0.15) is 11.1 Å². The van der Waals surface area contributed by atoms with E-state index in [1.54, 1.807) is 24.3 Å². The van der Waals surface area contributed by atoms with E-state index in [-0.39, 0.29) is 12.0 Å². The minimum absolute atomic E-state index is 0.0179. The Morgan fingerprint density at radius 2 is 2.35 bits per heavy atom. The highest BCUT2D eigenvalue weighted by molar-refractivity contribution is 7.15. The highest BCUT2D eigenvalue weighted by atomic mass is 35.5. The Balaban J connectivity index is 1.70. The Kier molecular flexibility index (Phi) is 3.95. The van der Waals surface area contributed by atoms with Crippen molar-refractivity contribution < 1.29 is 9.53 Å². The third kappa shape index (κ3) is 2.98. The zero-order valence-electron chi connectivity index (χ0n) is 10.5. The minimum atomic E-state index is -0.248. The van der Waals surface area contributed by atoms with Crippen LogP contribution in [-0.2, 0) is 4.74 Å². The molecule has 2 aromatic rings. The first-order valence-electron chi connectivity index (χ1n) is 6.24. The van der Waals surface area contributed by atoms with Gasteiger partial charge >= 0.3 is 0 Å². The maximum Gasteiger partial charge on any atom is 0.257 e. The smallest absolute Gasteiger partial charge is 0.257 e. The molecule has 3 rings (SSSR count). The molecule has 1 aromatic carbocycles. The SMILES string of the molecule is O=C(Nc1nnc(C2CCCO2)s1)c1cccc(Cl)c1. The summed E-state index contributed by atoms with van der Waals surface area (Å²) >= 11 is 7.21. The predicted molar refractivity (Wildman–Crippen MR) is 77.2 cm³/mol. The van der Waals surface area contributed by atoms with Crippen LogP contribution in [-0.4, -0.2) is 22.7 Å². The average Bonchev–Trinajstić information content (AvgIpc) is 3.08. The van der Waals surface area contributed by atoms with Gasteiger partial charge in [0.2, 0.25) is 5.13 Å². The lowest BCUT2D eigenvalue weighted by Crippen LogP contribution is -2.11. The molecule has 5 nitrogen and oxygen atoms in total. The van der Waals surface area contributed by atoms with E-state index in [0.717, 1.165) is 24.5 Å². The summed E-state index contributed by atoms with van der Waals surface area (Å²) in [4.78, 5) is 12.0. The lowest BCUT2D eigenvalue weighted by Gasteiger charge is -2.02. The zero-order chi connectivity index (χ0) is 13.9. The van der Waals surface area contributed by atoms with Crippen molar-refractivity contribution >= 4 is 34.0 Å². The van der Waals surface area contributed by atoms with Crippen molar-refractivity contribution in [1.82, 2.24) is 10.2 Å². The number of nitrogens with zero attached hydrogens (tertiary/aromatic N) is 2. The molecule has 1 unspecified atom stereocenters. The normalized spacial score (nSPS) is 18.1. The van der Waals surface area contributed by atoms with Crippen LogP contribution in [0.1, 0.15) is 34.3 Å². The summed E-state index contributed by atoms with van der Waals surface area (Å²) in [6, 6.07) is 6.76. The largest absolute Gasteiger partial charge is 0.371 e. The fourth-order valence-electron chi connectivity index (χ4n) is 1.99. The molecule has 7 heteroatoms. The van der Waals surface area contributed by atoms with Gasteiger partial charge in [0.15, 0.2) is 0 Å². The molecule has 1 aliphatic heterocycles. The molecule has 1 aliphatic rings. The fraction of sp³-hybridized carbons (Fsp3) is 0.308. The van der Waals surface area contributed by atoms with E-state index in [1.165, 1.54) is 11.3 Å². The monoisotopic (exact) mass is 309 g/mol. The number of hydrogen-bond acceptors (Lipinski definition) is 5. The Bertz CT molecular complexity index is 626. The van der Waals surface area contributed by atoms with Crippen LogP contribution in [0.5, 0.6) is 0 Å². The standard InChI is InChI=1S/C13H12ClN3O2S/c14-9-4-1-3-8(7-9)11(18)15-13-17-16-12(20-13)10-5-2-6-19-10/h1,3-4,7,10H,2,5-6H2,(H,15,17,18). The van der Waals surface area contributed by atoms with Gasteiger partial charge in [0.05, 0.1) is 0 Å². The van der Waals surface area contributed by atoms with Gasteiger partial charge in [-0.2, -0.15) is 0 Å². The second-order valence-electron chi connectivity index (χ2n) is 4.41. The van der Waals surface area contributed by atoms with Crippen LogP contribution in [0.2, 0.25) is 5.02 Å². The fourth-order valence-corrected chi connectivity index (χ4v) is 3.00. The maximum absolute atomic E-state index is 12.0. The second kappa shape index (κ2) is 5.87. The van der Waals surface area contributed by atoms with Gasteiger partial charge in [0, 0.05) is 17.2 Å². The minimum Gasteiger partial charge on any atom is -0.371 e. The van der Waals surface area contributed by atoms with Gasteiger partial charge in [-0.25, -0.2) is 0 Å². The molecule has 1 fully saturated rings. The topological polar surface area (TPSA) is 64.1 Å². The Hall–Kier alpha value is -1.50. The molecule has 20 heavy (non-hydrogen) atoms. The van der Waals surface area contributed by atoms with Crippen molar-refractivity contribution in [3.8, 4) is 0 Å². The van der Waals surface area contributed by atoms with Crippen molar-refractivity contribution in [1.29, 1.82) is 0 Å². The van der Waals surface area contributed by atoms with E-state index >= 15 is 0 Å². The molecular weight excluding hydrogens is 298 g/mol. The average molecular weight is 310 g/mol. The van der Waals surface area contributed by atoms with E-state index in [0.29, 0.717) is 15.7 Å². The maximum atomic E-state index is 12.0. The Labute approximate surface area is 124 Å². The Morgan fingerprint density at radius 3 is 3.10 bits per heavy atom. The molecule has 1 N–H and O–H groups in total. The molecular formula is C13H12ClN3O2S. The van der Waals surface area contributed by atoms with Crippen molar-refractivity contribution in [2.75, 3.05) is 11.9 Å². The van der Waals surface area contributed by atoms with Crippen molar-refractivity contribution in [2.45, 2.75) is 18.9 Å². The summed E-state index contributed by atoms with van der Waals surface area (Å²) in [5.74, 6) is -0.248. The van der Waals surface area contributed by atoms with Crippen molar-refractivity contribution in [3.05, 3.63) is 39.9 Å². The molecule has 0 spiro atoms. The number of ether oxygens (including phenoxy) is 1. The Morgan fingerprint density at radius 1 is 1.45 bits per heavy atom.